The molecule has 0 radical (unpaired) electrons. The number of benzene rings is 2. The molecule has 4 rings (SSSR count). The third-order valence-corrected chi connectivity index (χ3v) is 5.99. The number of β-amino-alcohol motifs (C(OH)–C–C–N with tert-alkyl or cyclic N) is 1. The molecular formula is C24H27F3N2O3. The Bertz CT molecular complexity index is 964. The Balaban J connectivity index is 1.36. The molecule has 8 heteroatoms. The first-order chi connectivity index (χ1) is 15.3. The summed E-state index contributed by atoms with van der Waals surface area (Å²) in [6, 6.07) is 12.9. The number of hydrogen-bond donors (Lipinski definition) is 1. The molecule has 1 N–H and O–H groups in total. The molecule has 0 fully saturated rings. The summed E-state index contributed by atoms with van der Waals surface area (Å²) in [7, 11) is 0. The van der Waals surface area contributed by atoms with Gasteiger partial charge in [0.15, 0.2) is 0 Å². The van der Waals surface area contributed by atoms with Crippen LogP contribution in [0.4, 0.5) is 13.2 Å². The maximum absolute atomic E-state index is 13.0. The fourth-order valence-electron chi connectivity index (χ4n) is 4.34. The van der Waals surface area contributed by atoms with Crippen molar-refractivity contribution in [2.75, 3.05) is 32.8 Å². The van der Waals surface area contributed by atoms with E-state index in [0.29, 0.717) is 30.0 Å². The summed E-state index contributed by atoms with van der Waals surface area (Å²) in [5, 5.41) is 10.7. The monoisotopic (exact) mass is 448 g/mol. The van der Waals surface area contributed by atoms with Crippen molar-refractivity contribution in [1.82, 2.24) is 9.80 Å². The maximum Gasteiger partial charge on any atom is 0.389 e. The van der Waals surface area contributed by atoms with Gasteiger partial charge in [0.1, 0.15) is 12.4 Å². The highest BCUT2D eigenvalue weighted by Gasteiger charge is 2.29. The molecule has 2 aliphatic rings. The van der Waals surface area contributed by atoms with Gasteiger partial charge < -0.3 is 14.7 Å². The Hall–Kier alpha value is -2.58. The quantitative estimate of drug-likeness (QED) is 0.736. The molecule has 2 aromatic rings. The zero-order chi connectivity index (χ0) is 22.7. The number of rotatable bonds is 6. The fraction of sp³-hybridized carbons (Fsp3) is 0.458. The molecule has 0 aromatic heterocycles. The van der Waals surface area contributed by atoms with Gasteiger partial charge in [0.25, 0.3) is 5.91 Å². The number of aliphatic hydroxyl groups excluding tert-OH is 1. The first-order valence-electron chi connectivity index (χ1n) is 10.9. The first-order valence-corrected chi connectivity index (χ1v) is 10.9. The van der Waals surface area contributed by atoms with Crippen molar-refractivity contribution in [3.8, 4) is 5.75 Å². The minimum Gasteiger partial charge on any atom is -0.491 e. The van der Waals surface area contributed by atoms with Gasteiger partial charge in [0.2, 0.25) is 0 Å². The summed E-state index contributed by atoms with van der Waals surface area (Å²) in [6.07, 6.45) is -5.08. The van der Waals surface area contributed by atoms with Crippen LogP contribution in [0.3, 0.4) is 0 Å². The normalized spacial score (nSPS) is 17.9. The van der Waals surface area contributed by atoms with Gasteiger partial charge in [-0.25, -0.2) is 0 Å². The van der Waals surface area contributed by atoms with Crippen LogP contribution in [0.15, 0.2) is 42.5 Å². The van der Waals surface area contributed by atoms with Gasteiger partial charge in [0, 0.05) is 32.6 Å². The molecule has 2 aliphatic heterocycles. The molecule has 172 valence electrons. The Morgan fingerprint density at radius 3 is 2.62 bits per heavy atom. The van der Waals surface area contributed by atoms with Gasteiger partial charge in [-0.2, -0.15) is 13.2 Å². The van der Waals surface area contributed by atoms with Gasteiger partial charge in [-0.05, 0) is 41.7 Å². The molecule has 2 heterocycles. The number of fused-ring (bicyclic) bond motifs is 2. The predicted molar refractivity (Wildman–Crippen MR) is 114 cm³/mol. The molecule has 2 aromatic carbocycles. The van der Waals surface area contributed by atoms with E-state index in [1.165, 1.54) is 29.3 Å². The highest BCUT2D eigenvalue weighted by Crippen LogP contribution is 2.28. The van der Waals surface area contributed by atoms with Crippen LogP contribution in [0, 0.1) is 0 Å². The Morgan fingerprint density at radius 2 is 1.84 bits per heavy atom. The Kier molecular flexibility index (Phi) is 6.71. The molecule has 0 bridgehead atoms. The van der Waals surface area contributed by atoms with Crippen LogP contribution in [-0.4, -0.2) is 65.9 Å². The average Bonchev–Trinajstić information content (AvgIpc) is 2.90. The zero-order valence-electron chi connectivity index (χ0n) is 17.8. The summed E-state index contributed by atoms with van der Waals surface area (Å²) >= 11 is 0. The number of ether oxygens (including phenoxy) is 1. The molecule has 1 amide bonds. The fourth-order valence-corrected chi connectivity index (χ4v) is 4.34. The molecule has 0 aliphatic carbocycles. The van der Waals surface area contributed by atoms with Crippen LogP contribution < -0.4 is 4.74 Å². The maximum atomic E-state index is 13.0. The van der Waals surface area contributed by atoms with Crippen LogP contribution in [0.5, 0.6) is 5.75 Å². The van der Waals surface area contributed by atoms with Crippen LogP contribution in [0.25, 0.3) is 0 Å². The summed E-state index contributed by atoms with van der Waals surface area (Å²) in [5.74, 6) is 0.0298. The number of amides is 1. The van der Waals surface area contributed by atoms with Crippen LogP contribution in [0.2, 0.25) is 0 Å². The number of alkyl halides is 3. The van der Waals surface area contributed by atoms with Crippen LogP contribution in [0.1, 0.15) is 33.5 Å². The van der Waals surface area contributed by atoms with Gasteiger partial charge >= 0.3 is 6.18 Å². The molecule has 5 nitrogen and oxygen atoms in total. The minimum absolute atomic E-state index is 0.157. The Labute approximate surface area is 185 Å². The van der Waals surface area contributed by atoms with Crippen molar-refractivity contribution in [2.45, 2.75) is 38.1 Å². The van der Waals surface area contributed by atoms with E-state index in [4.69, 9.17) is 4.74 Å². The van der Waals surface area contributed by atoms with E-state index in [-0.39, 0.29) is 25.5 Å². The van der Waals surface area contributed by atoms with Gasteiger partial charge in [0.05, 0.1) is 18.2 Å². The van der Waals surface area contributed by atoms with Gasteiger partial charge in [-0.1, -0.05) is 30.3 Å². The average molecular weight is 448 g/mol. The highest BCUT2D eigenvalue weighted by molar-refractivity contribution is 5.97. The second-order valence-corrected chi connectivity index (χ2v) is 8.45. The smallest absolute Gasteiger partial charge is 0.389 e. The molecular weight excluding hydrogens is 421 g/mol. The third kappa shape index (κ3) is 5.61. The molecule has 1 atom stereocenters. The molecule has 0 saturated carbocycles. The van der Waals surface area contributed by atoms with Gasteiger partial charge in [-0.15, -0.1) is 0 Å². The zero-order valence-corrected chi connectivity index (χ0v) is 17.8. The summed E-state index contributed by atoms with van der Waals surface area (Å²) in [6.45, 7) is 2.80. The molecule has 0 unspecified atom stereocenters. The molecule has 0 saturated heterocycles. The van der Waals surface area contributed by atoms with Crippen molar-refractivity contribution in [3.63, 3.8) is 0 Å². The van der Waals surface area contributed by atoms with E-state index in [1.807, 2.05) is 12.1 Å². The van der Waals surface area contributed by atoms with Crippen molar-refractivity contribution in [2.24, 2.45) is 0 Å². The topological polar surface area (TPSA) is 53.0 Å². The minimum atomic E-state index is -4.23. The first kappa shape index (κ1) is 22.6. The summed E-state index contributed by atoms with van der Waals surface area (Å²) < 4.78 is 43.2. The molecule has 32 heavy (non-hydrogen) atoms. The number of aliphatic hydroxyl groups is 1. The van der Waals surface area contributed by atoms with Crippen LogP contribution >= 0.6 is 0 Å². The SMILES string of the molecule is O=C1c2ccc(CCC(F)(F)F)cc2OCCN1C[C@H](O)CN1CCc2ccccc2C1. The second-order valence-electron chi connectivity index (χ2n) is 8.45. The lowest BCUT2D eigenvalue weighted by molar-refractivity contribution is -0.134. The van der Waals surface area contributed by atoms with E-state index in [9.17, 15) is 23.1 Å². The van der Waals surface area contributed by atoms with Gasteiger partial charge in [-0.3, -0.25) is 9.69 Å². The van der Waals surface area contributed by atoms with E-state index < -0.39 is 18.7 Å². The number of carbonyl (C=O) groups is 1. The number of aryl methyl sites for hydroxylation is 1. The highest BCUT2D eigenvalue weighted by atomic mass is 19.4. The third-order valence-electron chi connectivity index (χ3n) is 5.99. The summed E-state index contributed by atoms with van der Waals surface area (Å²) in [5.41, 5.74) is 3.40. The Morgan fingerprint density at radius 1 is 1.06 bits per heavy atom. The van der Waals surface area contributed by atoms with Crippen molar-refractivity contribution < 1.29 is 27.8 Å². The lowest BCUT2D eigenvalue weighted by Crippen LogP contribution is -2.44. The van der Waals surface area contributed by atoms with E-state index in [1.54, 1.807) is 4.90 Å². The van der Waals surface area contributed by atoms with Crippen molar-refractivity contribution >= 4 is 5.91 Å². The molecule has 0 spiro atoms. The number of hydrogen-bond acceptors (Lipinski definition) is 4. The second kappa shape index (κ2) is 9.50. The van der Waals surface area contributed by atoms with Crippen LogP contribution in [-0.2, 0) is 19.4 Å². The van der Waals surface area contributed by atoms with Crippen molar-refractivity contribution in [3.05, 3.63) is 64.7 Å². The number of halogens is 3. The number of carbonyl (C=O) groups excluding carboxylic acids is 1. The van der Waals surface area contributed by atoms with E-state index in [0.717, 1.165) is 19.5 Å². The van der Waals surface area contributed by atoms with Crippen molar-refractivity contribution in [1.29, 1.82) is 0 Å². The van der Waals surface area contributed by atoms with E-state index in [2.05, 4.69) is 17.0 Å². The number of nitrogens with zero attached hydrogens (tertiary/aromatic N) is 2. The standard InChI is InChI=1S/C24H27F3N2O3/c25-24(26,27)9-7-17-5-6-21-22(13-17)32-12-11-29(23(21)31)16-20(30)15-28-10-8-18-3-1-2-4-19(18)14-28/h1-6,13,20,30H,7-12,14-16H2/t20-/m1/s1. The van der Waals surface area contributed by atoms with E-state index >= 15 is 0 Å². The lowest BCUT2D eigenvalue weighted by atomic mass is 10.00. The largest absolute Gasteiger partial charge is 0.491 e. The lowest BCUT2D eigenvalue weighted by Gasteiger charge is -2.32. The predicted octanol–water partition coefficient (Wildman–Crippen LogP) is 3.44. The summed E-state index contributed by atoms with van der Waals surface area (Å²) in [4.78, 5) is 16.7.